The molecule has 5 aromatic rings. The fourth-order valence-corrected chi connectivity index (χ4v) is 5.26. The number of carbonyl (C=O) groups is 1. The fourth-order valence-electron chi connectivity index (χ4n) is 5.26. The number of Topliss-reactive ketones (excluding diaryl/α,β-unsaturated/α-hetero) is 1. The summed E-state index contributed by atoms with van der Waals surface area (Å²) < 4.78 is 0. The standard InChI is InChI=1S/C34H27NO/c1-21-13-15-24(16-14-21)22(2)17-28(25-9-5-4-6-10-25)34-23(3)33(36)19-26-18-30-27-11-7-8-12-31(27)35-32(30)20-29(26)34/h4-18,20,35H,2,19H2,1,3H3/b28-17-. The van der Waals surface area contributed by atoms with E-state index in [0.717, 1.165) is 61.0 Å². The van der Waals surface area contributed by atoms with Crippen molar-refractivity contribution in [2.45, 2.75) is 20.3 Å². The van der Waals surface area contributed by atoms with Crippen LogP contribution in [0.2, 0.25) is 0 Å². The number of H-pyrrole nitrogens is 1. The zero-order valence-electron chi connectivity index (χ0n) is 20.6. The lowest BCUT2D eigenvalue weighted by atomic mass is 9.78. The van der Waals surface area contributed by atoms with Gasteiger partial charge in [-0.15, -0.1) is 0 Å². The Morgan fingerprint density at radius 3 is 2.31 bits per heavy atom. The number of nitrogens with one attached hydrogen (secondary N) is 1. The number of ketones is 1. The number of para-hydroxylation sites is 1. The van der Waals surface area contributed by atoms with Gasteiger partial charge < -0.3 is 4.98 Å². The van der Waals surface area contributed by atoms with E-state index in [1.165, 1.54) is 10.9 Å². The summed E-state index contributed by atoms with van der Waals surface area (Å²) in [6.45, 7) is 8.45. The summed E-state index contributed by atoms with van der Waals surface area (Å²) in [5.74, 6) is 0.166. The van der Waals surface area contributed by atoms with Crippen molar-refractivity contribution in [2.24, 2.45) is 0 Å². The van der Waals surface area contributed by atoms with Gasteiger partial charge in [0.2, 0.25) is 0 Å². The topological polar surface area (TPSA) is 32.9 Å². The molecule has 1 aliphatic carbocycles. The van der Waals surface area contributed by atoms with E-state index in [1.807, 2.05) is 31.2 Å². The average Bonchev–Trinajstić information content (AvgIpc) is 3.26. The minimum Gasteiger partial charge on any atom is -0.354 e. The van der Waals surface area contributed by atoms with E-state index >= 15 is 0 Å². The van der Waals surface area contributed by atoms with Crippen molar-refractivity contribution in [3.8, 4) is 0 Å². The van der Waals surface area contributed by atoms with Gasteiger partial charge >= 0.3 is 0 Å². The van der Waals surface area contributed by atoms with Crippen molar-refractivity contribution < 1.29 is 4.79 Å². The second kappa shape index (κ2) is 8.66. The second-order valence-electron chi connectivity index (χ2n) is 9.64. The van der Waals surface area contributed by atoms with Crippen LogP contribution in [0.25, 0.3) is 38.5 Å². The number of carbonyl (C=O) groups excluding carboxylic acids is 1. The molecule has 1 heterocycles. The van der Waals surface area contributed by atoms with Gasteiger partial charge in [-0.25, -0.2) is 0 Å². The summed E-state index contributed by atoms with van der Waals surface area (Å²) >= 11 is 0. The molecule has 0 atom stereocenters. The van der Waals surface area contributed by atoms with E-state index in [1.54, 1.807) is 0 Å². The van der Waals surface area contributed by atoms with Crippen LogP contribution < -0.4 is 0 Å². The minimum atomic E-state index is 0.166. The molecule has 0 spiro atoms. The molecule has 2 heteroatoms. The van der Waals surface area contributed by atoms with Gasteiger partial charge in [-0.1, -0.05) is 84.9 Å². The molecule has 0 bridgehead atoms. The summed E-state index contributed by atoms with van der Waals surface area (Å²) in [6, 6.07) is 31.5. The maximum atomic E-state index is 13.3. The summed E-state index contributed by atoms with van der Waals surface area (Å²) in [6.07, 6.45) is 2.55. The molecular formula is C34H27NO. The largest absolute Gasteiger partial charge is 0.354 e. The Morgan fingerprint density at radius 2 is 1.53 bits per heavy atom. The van der Waals surface area contributed by atoms with E-state index < -0.39 is 0 Å². The predicted octanol–water partition coefficient (Wildman–Crippen LogP) is 8.33. The number of aromatic amines is 1. The Balaban J connectivity index is 1.59. The van der Waals surface area contributed by atoms with Gasteiger partial charge in [0.1, 0.15) is 0 Å². The van der Waals surface area contributed by atoms with Gasteiger partial charge in [-0.3, -0.25) is 4.79 Å². The smallest absolute Gasteiger partial charge is 0.163 e. The highest BCUT2D eigenvalue weighted by molar-refractivity contribution is 6.21. The SMILES string of the molecule is C=C(/C=C(\C1=C(C)C(=O)Cc2cc3c(cc21)[nH]c1ccccc13)c1ccccc1)c1ccc(C)cc1. The quantitative estimate of drug-likeness (QED) is 0.266. The molecule has 36 heavy (non-hydrogen) atoms. The molecule has 0 saturated heterocycles. The molecule has 2 nitrogen and oxygen atoms in total. The molecule has 0 radical (unpaired) electrons. The van der Waals surface area contributed by atoms with Crippen molar-refractivity contribution in [1.29, 1.82) is 0 Å². The summed E-state index contributed by atoms with van der Waals surface area (Å²) in [5.41, 5.74) is 11.4. The van der Waals surface area contributed by atoms with Gasteiger partial charge in [0.15, 0.2) is 5.78 Å². The van der Waals surface area contributed by atoms with E-state index in [2.05, 4.69) is 91.3 Å². The third-order valence-electron chi connectivity index (χ3n) is 7.24. The average molecular weight is 466 g/mol. The second-order valence-corrected chi connectivity index (χ2v) is 9.64. The third kappa shape index (κ3) is 3.72. The van der Waals surface area contributed by atoms with Crippen LogP contribution >= 0.6 is 0 Å². The van der Waals surface area contributed by atoms with Crippen molar-refractivity contribution in [3.05, 3.63) is 137 Å². The fraction of sp³-hybridized carbons (Fsp3) is 0.0882. The molecule has 174 valence electrons. The van der Waals surface area contributed by atoms with Crippen LogP contribution in [0, 0.1) is 6.92 Å². The Hall–Kier alpha value is -4.43. The van der Waals surface area contributed by atoms with Crippen LogP contribution in [0.4, 0.5) is 0 Å². The first-order valence-electron chi connectivity index (χ1n) is 12.3. The Labute approximate surface area is 211 Å². The van der Waals surface area contributed by atoms with Crippen LogP contribution in [0.1, 0.15) is 34.7 Å². The number of fused-ring (bicyclic) bond motifs is 4. The Kier molecular flexibility index (Phi) is 5.30. The molecule has 0 saturated carbocycles. The van der Waals surface area contributed by atoms with Gasteiger partial charge in [0.25, 0.3) is 0 Å². The number of rotatable bonds is 4. The van der Waals surface area contributed by atoms with Crippen LogP contribution in [0.5, 0.6) is 0 Å². The van der Waals surface area contributed by atoms with Crippen LogP contribution in [0.3, 0.4) is 0 Å². The molecule has 0 aliphatic heterocycles. The first-order chi connectivity index (χ1) is 17.5. The molecule has 6 rings (SSSR count). The molecule has 1 N–H and O–H groups in total. The molecular weight excluding hydrogens is 438 g/mol. The molecule has 1 aromatic heterocycles. The number of allylic oxidation sites excluding steroid dienone is 5. The van der Waals surface area contributed by atoms with E-state index in [4.69, 9.17) is 0 Å². The Bertz CT molecular complexity index is 1730. The summed E-state index contributed by atoms with van der Waals surface area (Å²) in [4.78, 5) is 16.9. The van der Waals surface area contributed by atoms with Crippen LogP contribution in [-0.2, 0) is 11.2 Å². The van der Waals surface area contributed by atoms with Gasteiger partial charge in [0.05, 0.1) is 0 Å². The van der Waals surface area contributed by atoms with Gasteiger partial charge in [-0.2, -0.15) is 0 Å². The predicted molar refractivity (Wildman–Crippen MR) is 152 cm³/mol. The highest BCUT2D eigenvalue weighted by atomic mass is 16.1. The number of aryl methyl sites for hydroxylation is 1. The number of hydrogen-bond donors (Lipinski definition) is 1. The lowest BCUT2D eigenvalue weighted by Crippen LogP contribution is -2.15. The number of benzene rings is 4. The first kappa shape index (κ1) is 22.1. The van der Waals surface area contributed by atoms with E-state index in [0.29, 0.717) is 6.42 Å². The highest BCUT2D eigenvalue weighted by Crippen LogP contribution is 2.42. The molecule has 1 aliphatic rings. The number of hydrogen-bond acceptors (Lipinski definition) is 1. The van der Waals surface area contributed by atoms with Crippen molar-refractivity contribution in [3.63, 3.8) is 0 Å². The van der Waals surface area contributed by atoms with Crippen molar-refractivity contribution >= 4 is 44.3 Å². The maximum absolute atomic E-state index is 13.3. The monoisotopic (exact) mass is 465 g/mol. The van der Waals surface area contributed by atoms with E-state index in [-0.39, 0.29) is 5.78 Å². The third-order valence-corrected chi connectivity index (χ3v) is 7.24. The number of aromatic nitrogens is 1. The molecule has 4 aromatic carbocycles. The van der Waals surface area contributed by atoms with Crippen LogP contribution in [-0.4, -0.2) is 10.8 Å². The summed E-state index contributed by atoms with van der Waals surface area (Å²) in [7, 11) is 0. The van der Waals surface area contributed by atoms with Gasteiger partial charge in [0, 0.05) is 33.8 Å². The highest BCUT2D eigenvalue weighted by Gasteiger charge is 2.27. The van der Waals surface area contributed by atoms with Crippen molar-refractivity contribution in [1.82, 2.24) is 4.98 Å². The normalized spacial score (nSPS) is 13.9. The van der Waals surface area contributed by atoms with Gasteiger partial charge in [-0.05, 0) is 77.1 Å². The zero-order valence-corrected chi connectivity index (χ0v) is 20.6. The zero-order chi connectivity index (χ0) is 24.8. The summed E-state index contributed by atoms with van der Waals surface area (Å²) in [5, 5.41) is 2.34. The maximum Gasteiger partial charge on any atom is 0.163 e. The first-order valence-corrected chi connectivity index (χ1v) is 12.3. The molecule has 0 fully saturated rings. The lowest BCUT2D eigenvalue weighted by Gasteiger charge is -2.24. The van der Waals surface area contributed by atoms with E-state index in [9.17, 15) is 4.79 Å². The van der Waals surface area contributed by atoms with Crippen LogP contribution in [0.15, 0.2) is 109 Å². The Morgan fingerprint density at radius 1 is 0.806 bits per heavy atom. The molecule has 0 amide bonds. The minimum absolute atomic E-state index is 0.166. The molecule has 0 unspecified atom stereocenters. The van der Waals surface area contributed by atoms with Crippen molar-refractivity contribution in [2.75, 3.05) is 0 Å². The lowest BCUT2D eigenvalue weighted by molar-refractivity contribution is -0.114.